The van der Waals surface area contributed by atoms with Gasteiger partial charge in [0, 0.05) is 9.85 Å². The molecule has 5 heteroatoms. The molecule has 2 aromatic rings. The van der Waals surface area contributed by atoms with Crippen molar-refractivity contribution in [2.45, 2.75) is 6.92 Å². The Hall–Kier alpha value is -0.650. The number of ketones is 1. The second-order valence-electron chi connectivity index (χ2n) is 3.49. The molecule has 0 aliphatic rings. The Morgan fingerprint density at radius 3 is 2.67 bits per heavy atom. The number of thiophene rings is 1. The third-order valence-electron chi connectivity index (χ3n) is 2.33. The second kappa shape index (κ2) is 5.99. The highest BCUT2D eigenvalue weighted by atomic mass is 79.9. The van der Waals surface area contributed by atoms with Crippen molar-refractivity contribution in [1.82, 2.24) is 0 Å². The first-order valence-corrected chi connectivity index (χ1v) is 7.80. The number of hydrogen-bond acceptors (Lipinski definition) is 3. The predicted octanol–water partition coefficient (Wildman–Crippen LogP) is 4.90. The third-order valence-corrected chi connectivity index (χ3v) is 5.85. The summed E-state index contributed by atoms with van der Waals surface area (Å²) in [4.78, 5) is 13.1. The van der Waals surface area contributed by atoms with Gasteiger partial charge in [0.1, 0.15) is 5.75 Å². The Balaban J connectivity index is 2.43. The largest absolute Gasteiger partial charge is 0.493 e. The molecule has 0 aliphatic carbocycles. The molecule has 0 fully saturated rings. The Labute approximate surface area is 126 Å². The van der Waals surface area contributed by atoms with E-state index in [1.54, 1.807) is 6.07 Å². The maximum Gasteiger partial charge on any atom is 0.207 e. The van der Waals surface area contributed by atoms with E-state index in [1.807, 2.05) is 30.5 Å². The summed E-state index contributed by atoms with van der Waals surface area (Å²) in [5.41, 5.74) is 0.592. The molecule has 0 radical (unpaired) electrons. The summed E-state index contributed by atoms with van der Waals surface area (Å²) >= 11 is 8.21. The number of benzene rings is 1. The van der Waals surface area contributed by atoms with Crippen LogP contribution in [0.25, 0.3) is 0 Å². The molecular weight excluding hydrogens is 380 g/mol. The highest BCUT2D eigenvalue weighted by Gasteiger charge is 2.19. The highest BCUT2D eigenvalue weighted by Crippen LogP contribution is 2.35. The van der Waals surface area contributed by atoms with Crippen LogP contribution in [0.15, 0.2) is 38.6 Å². The van der Waals surface area contributed by atoms with E-state index in [2.05, 4.69) is 31.9 Å². The molecule has 2 nitrogen and oxygen atoms in total. The lowest BCUT2D eigenvalue weighted by Gasteiger charge is -2.08. The van der Waals surface area contributed by atoms with E-state index in [9.17, 15) is 4.79 Å². The summed E-state index contributed by atoms with van der Waals surface area (Å²) in [5.74, 6) is 0.600. The normalized spacial score (nSPS) is 10.4. The van der Waals surface area contributed by atoms with Crippen LogP contribution in [0.4, 0.5) is 0 Å². The summed E-state index contributed by atoms with van der Waals surface area (Å²) < 4.78 is 7.17. The fraction of sp³-hybridized carbons (Fsp3) is 0.154. The van der Waals surface area contributed by atoms with E-state index in [4.69, 9.17) is 4.74 Å². The minimum atomic E-state index is -0.0263. The van der Waals surface area contributed by atoms with Crippen molar-refractivity contribution in [2.75, 3.05) is 6.61 Å². The van der Waals surface area contributed by atoms with E-state index < -0.39 is 0 Å². The fourth-order valence-corrected chi connectivity index (χ4v) is 3.64. The molecule has 0 aliphatic heterocycles. The number of halogens is 2. The lowest BCUT2D eigenvalue weighted by atomic mass is 10.1. The topological polar surface area (TPSA) is 26.3 Å². The first-order chi connectivity index (χ1) is 8.65. The summed E-state index contributed by atoms with van der Waals surface area (Å²) in [7, 11) is 0. The van der Waals surface area contributed by atoms with Gasteiger partial charge in [0.05, 0.1) is 21.5 Å². The second-order valence-corrected chi connectivity index (χ2v) is 6.01. The van der Waals surface area contributed by atoms with E-state index >= 15 is 0 Å². The number of carbonyl (C=O) groups is 1. The molecule has 0 amide bonds. The van der Waals surface area contributed by atoms with Gasteiger partial charge in [-0.05, 0) is 50.9 Å². The van der Waals surface area contributed by atoms with Gasteiger partial charge >= 0.3 is 0 Å². The van der Waals surface area contributed by atoms with Crippen LogP contribution in [0, 0.1) is 0 Å². The van der Waals surface area contributed by atoms with Crippen LogP contribution in [0.2, 0.25) is 0 Å². The number of carbonyl (C=O) groups excluding carboxylic acids is 1. The van der Waals surface area contributed by atoms with Crippen LogP contribution < -0.4 is 4.74 Å². The summed E-state index contributed by atoms with van der Waals surface area (Å²) in [5, 5.41) is 1.89. The quantitative estimate of drug-likeness (QED) is 0.695. The molecule has 0 N–H and O–H groups in total. The number of para-hydroxylation sites is 1. The molecule has 18 heavy (non-hydrogen) atoms. The highest BCUT2D eigenvalue weighted by molar-refractivity contribution is 9.13. The van der Waals surface area contributed by atoms with Gasteiger partial charge < -0.3 is 4.74 Å². The van der Waals surface area contributed by atoms with Gasteiger partial charge in [-0.3, -0.25) is 4.79 Å². The standard InChI is InChI=1S/C13H10Br2O2S/c1-2-17-10-6-4-3-5-8(10)12(16)13-11(15)9(14)7-18-13/h3-7H,2H2,1H3. The molecule has 0 unspecified atom stereocenters. The van der Waals surface area contributed by atoms with Crippen molar-refractivity contribution in [3.63, 3.8) is 0 Å². The molecule has 0 atom stereocenters. The van der Waals surface area contributed by atoms with Gasteiger partial charge in [0.15, 0.2) is 0 Å². The van der Waals surface area contributed by atoms with Gasteiger partial charge in [0.2, 0.25) is 5.78 Å². The summed E-state index contributed by atoms with van der Waals surface area (Å²) in [6, 6.07) is 7.30. The maximum absolute atomic E-state index is 12.5. The first-order valence-electron chi connectivity index (χ1n) is 5.34. The van der Waals surface area contributed by atoms with E-state index in [0.717, 1.165) is 8.95 Å². The van der Waals surface area contributed by atoms with E-state index in [1.165, 1.54) is 11.3 Å². The van der Waals surface area contributed by atoms with Crippen LogP contribution in [-0.2, 0) is 0 Å². The summed E-state index contributed by atoms with van der Waals surface area (Å²) in [6.07, 6.45) is 0. The van der Waals surface area contributed by atoms with Crippen LogP contribution in [0.5, 0.6) is 5.75 Å². The van der Waals surface area contributed by atoms with Gasteiger partial charge in [-0.1, -0.05) is 12.1 Å². The molecule has 0 bridgehead atoms. The molecule has 94 valence electrons. The van der Waals surface area contributed by atoms with Crippen molar-refractivity contribution < 1.29 is 9.53 Å². The Kier molecular flexibility index (Phi) is 4.59. The molecule has 0 saturated carbocycles. The van der Waals surface area contributed by atoms with Crippen LogP contribution in [0.1, 0.15) is 22.2 Å². The van der Waals surface area contributed by atoms with Crippen molar-refractivity contribution in [3.05, 3.63) is 49.0 Å². The Morgan fingerprint density at radius 1 is 1.33 bits per heavy atom. The van der Waals surface area contributed by atoms with Gasteiger partial charge in [-0.15, -0.1) is 11.3 Å². The smallest absolute Gasteiger partial charge is 0.207 e. The van der Waals surface area contributed by atoms with E-state index in [-0.39, 0.29) is 5.78 Å². The lowest BCUT2D eigenvalue weighted by Crippen LogP contribution is -2.04. The molecule has 2 rings (SSSR count). The predicted molar refractivity (Wildman–Crippen MR) is 80.8 cm³/mol. The minimum Gasteiger partial charge on any atom is -0.493 e. The Morgan fingerprint density at radius 2 is 2.06 bits per heavy atom. The lowest BCUT2D eigenvalue weighted by molar-refractivity contribution is 0.103. The van der Waals surface area contributed by atoms with Gasteiger partial charge in [-0.2, -0.15) is 0 Å². The van der Waals surface area contributed by atoms with Crippen molar-refractivity contribution in [2.24, 2.45) is 0 Å². The zero-order chi connectivity index (χ0) is 13.1. The zero-order valence-electron chi connectivity index (χ0n) is 9.57. The monoisotopic (exact) mass is 388 g/mol. The van der Waals surface area contributed by atoms with Crippen LogP contribution >= 0.6 is 43.2 Å². The van der Waals surface area contributed by atoms with E-state index in [0.29, 0.717) is 22.8 Å². The number of hydrogen-bond donors (Lipinski definition) is 0. The SMILES string of the molecule is CCOc1ccccc1C(=O)c1scc(Br)c1Br. The maximum atomic E-state index is 12.5. The third kappa shape index (κ3) is 2.68. The molecule has 0 spiro atoms. The van der Waals surface area contributed by atoms with Crippen molar-refractivity contribution in [1.29, 1.82) is 0 Å². The molecule has 1 aromatic carbocycles. The average Bonchev–Trinajstić information content (AvgIpc) is 2.70. The summed E-state index contributed by atoms with van der Waals surface area (Å²) in [6.45, 7) is 2.44. The molecule has 0 saturated heterocycles. The minimum absolute atomic E-state index is 0.0263. The molecular formula is C13H10Br2O2S. The zero-order valence-corrected chi connectivity index (χ0v) is 13.6. The van der Waals surface area contributed by atoms with Crippen LogP contribution in [-0.4, -0.2) is 12.4 Å². The van der Waals surface area contributed by atoms with Gasteiger partial charge in [-0.25, -0.2) is 0 Å². The first kappa shape index (κ1) is 13.8. The van der Waals surface area contributed by atoms with Crippen molar-refractivity contribution in [3.8, 4) is 5.75 Å². The molecule has 1 heterocycles. The van der Waals surface area contributed by atoms with Crippen LogP contribution in [0.3, 0.4) is 0 Å². The van der Waals surface area contributed by atoms with Crippen molar-refractivity contribution >= 4 is 49.0 Å². The number of rotatable bonds is 4. The number of ether oxygens (including phenoxy) is 1. The molecule has 1 aromatic heterocycles. The van der Waals surface area contributed by atoms with Gasteiger partial charge in [0.25, 0.3) is 0 Å². The fourth-order valence-electron chi connectivity index (χ4n) is 1.53. The Bertz CT molecular complexity index is 578. The average molecular weight is 390 g/mol.